The number of hydrogen-bond acceptors (Lipinski definition) is 2. The number of halogens is 2. The molecule has 0 fully saturated rings. The number of hydrogen-bond donors (Lipinski definition) is 0. The second-order valence-corrected chi connectivity index (χ2v) is 19.5. The Morgan fingerprint density at radius 2 is 1.42 bits per heavy atom. The van der Waals surface area contributed by atoms with Crippen LogP contribution in [0.1, 0.15) is 51.2 Å². The van der Waals surface area contributed by atoms with Gasteiger partial charge in [-0.2, -0.15) is 0 Å². The zero-order chi connectivity index (χ0) is 23.9. The molecule has 0 spiro atoms. The zero-order valence-electron chi connectivity index (χ0n) is 21.6. The fourth-order valence-electron chi connectivity index (χ4n) is 5.23. The number of rotatable bonds is 7. The molecule has 0 bridgehead atoms. The summed E-state index contributed by atoms with van der Waals surface area (Å²) in [6.45, 7) is 12.6. The summed E-state index contributed by atoms with van der Waals surface area (Å²) in [5, 5.41) is 0. The molecule has 2 aliphatic rings. The van der Waals surface area contributed by atoms with Gasteiger partial charge in [-0.1, -0.05) is 0 Å². The van der Waals surface area contributed by atoms with Gasteiger partial charge in [-0.15, -0.1) is 0 Å². The molecule has 2 nitrogen and oxygen atoms in total. The minimum Gasteiger partial charge on any atom is -1.00 e. The average molecular weight is 616 g/mol. The van der Waals surface area contributed by atoms with Crippen molar-refractivity contribution in [3.05, 3.63) is 100 Å². The predicted molar refractivity (Wildman–Crippen MR) is 142 cm³/mol. The van der Waals surface area contributed by atoms with Crippen LogP contribution >= 0.6 is 0 Å². The Balaban J connectivity index is 0.00000180. The smallest absolute Gasteiger partial charge is 1.00 e. The van der Waals surface area contributed by atoms with Gasteiger partial charge in [0.1, 0.15) is 0 Å². The zero-order valence-corrected chi connectivity index (χ0v) is 26.5. The molecule has 2 unspecified atom stereocenters. The van der Waals surface area contributed by atoms with Gasteiger partial charge in [0.2, 0.25) is 0 Å². The van der Waals surface area contributed by atoms with Crippen LogP contribution in [0.2, 0.25) is 19.6 Å². The molecule has 2 aliphatic carbocycles. The van der Waals surface area contributed by atoms with Crippen molar-refractivity contribution in [3.8, 4) is 11.1 Å². The molecular formula is C30H33Cl2O2SiZr. The molecule has 36 heavy (non-hydrogen) atoms. The van der Waals surface area contributed by atoms with E-state index in [2.05, 4.69) is 106 Å². The van der Waals surface area contributed by atoms with Crippen LogP contribution in [-0.4, -0.2) is 24.7 Å². The summed E-state index contributed by atoms with van der Waals surface area (Å²) in [7, 11) is -1.55. The van der Waals surface area contributed by atoms with Crippen LogP contribution in [0.5, 0.6) is 0 Å². The minimum absolute atomic E-state index is 0. The van der Waals surface area contributed by atoms with E-state index in [1.165, 1.54) is 33.4 Å². The van der Waals surface area contributed by atoms with E-state index >= 15 is 0 Å². The van der Waals surface area contributed by atoms with Crippen molar-refractivity contribution in [3.63, 3.8) is 0 Å². The first-order valence-corrected chi connectivity index (χ1v) is 18.3. The van der Waals surface area contributed by atoms with Crippen LogP contribution in [-0.2, 0) is 31.9 Å². The molecule has 0 radical (unpaired) electrons. The molecule has 0 heterocycles. The fourth-order valence-corrected chi connectivity index (χ4v) is 9.49. The van der Waals surface area contributed by atoms with Gasteiger partial charge in [-0.25, -0.2) is 0 Å². The van der Waals surface area contributed by atoms with E-state index in [9.17, 15) is 0 Å². The summed E-state index contributed by atoms with van der Waals surface area (Å²) in [5.74, 6) is 1.21. The van der Waals surface area contributed by atoms with Crippen molar-refractivity contribution in [1.29, 1.82) is 0 Å². The maximum absolute atomic E-state index is 6.47. The summed E-state index contributed by atoms with van der Waals surface area (Å²) in [6.07, 6.45) is 2.25. The third-order valence-electron chi connectivity index (χ3n) is 6.51. The largest absolute Gasteiger partial charge is 1.00 e. The molecule has 0 saturated heterocycles. The maximum atomic E-state index is 6.47. The minimum atomic E-state index is -1.55. The molecule has 0 saturated carbocycles. The summed E-state index contributed by atoms with van der Waals surface area (Å²) >= 11 is -0.766. The third kappa shape index (κ3) is 5.89. The number of allylic oxidation sites excluding steroid dienone is 1. The van der Waals surface area contributed by atoms with Crippen molar-refractivity contribution >= 4 is 17.6 Å². The first-order chi connectivity index (χ1) is 16.3. The normalized spacial score (nSPS) is 17.0. The molecule has 187 valence electrons. The fraction of sp³-hybridized carbons (Fsp3) is 0.300. The summed E-state index contributed by atoms with van der Waals surface area (Å²) < 4.78 is 14.7. The monoisotopic (exact) mass is 613 g/mol. The molecule has 6 heteroatoms. The molecule has 3 aromatic rings. The van der Waals surface area contributed by atoms with Crippen molar-refractivity contribution in [1.82, 2.24) is 0 Å². The van der Waals surface area contributed by atoms with Crippen LogP contribution < -0.4 is 24.8 Å². The van der Waals surface area contributed by atoms with Crippen molar-refractivity contribution in [2.24, 2.45) is 0 Å². The van der Waals surface area contributed by atoms with Gasteiger partial charge in [0.25, 0.3) is 0 Å². The standard InChI is InChI=1S/C27H27O2Si.C3H6.2ClH.Zr/c1-30(2,3)29-16-15-28-26-18-20-10-5-7-12-22(20)27(26)24-14-8-13-23-21-11-6-4-9-19(21)17-25(23)24;1-3-2;;;/h4-14,17-18,27H,15-16H2,1-3H3;1-2H3;2*1H;/q;;;;+2/p-2. The van der Waals surface area contributed by atoms with Gasteiger partial charge in [-0.05, 0) is 0 Å². The Kier molecular flexibility index (Phi) is 9.80. The second kappa shape index (κ2) is 12.0. The first-order valence-electron chi connectivity index (χ1n) is 12.2. The van der Waals surface area contributed by atoms with Crippen LogP contribution in [0.25, 0.3) is 17.2 Å². The summed E-state index contributed by atoms with van der Waals surface area (Å²) in [6, 6.07) is 24.8. The van der Waals surface area contributed by atoms with E-state index in [4.69, 9.17) is 9.16 Å². The van der Waals surface area contributed by atoms with Gasteiger partial charge in [0.15, 0.2) is 0 Å². The van der Waals surface area contributed by atoms with E-state index in [0.717, 1.165) is 5.76 Å². The Bertz CT molecular complexity index is 1290. The SMILES string of the molecule is C[C](C)=[Zr+2][CH]1c2ccccc2-c2cccc(C3C(OCCO[Si](C)(C)C)=Cc4ccccc43)c21.[Cl-].[Cl-]. The molecular weight excluding hydrogens is 583 g/mol. The third-order valence-corrected chi connectivity index (χ3v) is 11.2. The summed E-state index contributed by atoms with van der Waals surface area (Å²) in [5.41, 5.74) is 9.97. The predicted octanol–water partition coefficient (Wildman–Crippen LogP) is 1.41. The van der Waals surface area contributed by atoms with Crippen molar-refractivity contribution < 1.29 is 56.7 Å². The van der Waals surface area contributed by atoms with Gasteiger partial charge in [0.05, 0.1) is 0 Å². The molecule has 0 amide bonds. The van der Waals surface area contributed by atoms with E-state index in [0.29, 0.717) is 16.8 Å². The molecule has 3 aromatic carbocycles. The van der Waals surface area contributed by atoms with Crippen LogP contribution in [0.4, 0.5) is 0 Å². The maximum Gasteiger partial charge on any atom is -1.00 e. The van der Waals surface area contributed by atoms with E-state index < -0.39 is 31.1 Å². The molecule has 0 aliphatic heterocycles. The van der Waals surface area contributed by atoms with Crippen LogP contribution in [0.3, 0.4) is 0 Å². The second-order valence-electron chi connectivity index (χ2n) is 10.4. The molecule has 0 aromatic heterocycles. The van der Waals surface area contributed by atoms with Gasteiger partial charge >= 0.3 is 217 Å². The summed E-state index contributed by atoms with van der Waals surface area (Å²) in [4.78, 5) is 0. The van der Waals surface area contributed by atoms with Crippen LogP contribution in [0.15, 0.2) is 72.5 Å². The quantitative estimate of drug-likeness (QED) is 0.296. The first kappa shape index (κ1) is 29.3. The van der Waals surface area contributed by atoms with E-state index in [1.54, 1.807) is 8.77 Å². The van der Waals surface area contributed by atoms with Crippen molar-refractivity contribution in [2.45, 2.75) is 43.0 Å². The Morgan fingerprint density at radius 1 is 0.778 bits per heavy atom. The van der Waals surface area contributed by atoms with Gasteiger partial charge in [-0.3, -0.25) is 0 Å². The van der Waals surface area contributed by atoms with Crippen LogP contribution in [0, 0.1) is 0 Å². The van der Waals surface area contributed by atoms with E-state index in [-0.39, 0.29) is 30.7 Å². The number of fused-ring (bicyclic) bond motifs is 4. The topological polar surface area (TPSA) is 18.5 Å². The van der Waals surface area contributed by atoms with Gasteiger partial charge in [0, 0.05) is 0 Å². The Hall–Kier alpha value is -1.29. The molecule has 5 rings (SSSR count). The van der Waals surface area contributed by atoms with Gasteiger partial charge < -0.3 is 24.8 Å². The molecule has 0 N–H and O–H groups in total. The average Bonchev–Trinajstić information content (AvgIpc) is 3.32. The Labute approximate surface area is 240 Å². The Morgan fingerprint density at radius 3 is 2.14 bits per heavy atom. The molecule has 2 atom stereocenters. The van der Waals surface area contributed by atoms with Crippen molar-refractivity contribution in [2.75, 3.05) is 13.2 Å². The van der Waals surface area contributed by atoms with E-state index in [1.807, 2.05) is 0 Å². The number of ether oxygens (including phenoxy) is 1. The number of benzene rings is 3.